The van der Waals surface area contributed by atoms with Gasteiger partial charge in [0.1, 0.15) is 6.26 Å². The average molecular weight is 228 g/mol. The molecule has 0 aliphatic rings. The first-order valence-electron chi connectivity index (χ1n) is 5.39. The minimum absolute atomic E-state index is 0.521. The zero-order valence-corrected chi connectivity index (χ0v) is 10.7. The summed E-state index contributed by atoms with van der Waals surface area (Å²) in [5.41, 5.74) is 0.946. The molecule has 2 unspecified atom stereocenters. The molecular formula is C11H20N2OS. The van der Waals surface area contributed by atoms with Crippen LogP contribution < -0.4 is 5.32 Å². The zero-order chi connectivity index (χ0) is 11.3. The first-order chi connectivity index (χ1) is 7.17. The minimum Gasteiger partial charge on any atom is -0.440 e. The number of hydrogen-bond donors (Lipinski definition) is 1. The van der Waals surface area contributed by atoms with E-state index >= 15 is 0 Å². The Kier molecular flexibility index (Phi) is 5.19. The smallest absolute Gasteiger partial charge is 0.255 e. The Hall–Kier alpha value is -0.480. The van der Waals surface area contributed by atoms with E-state index in [0.29, 0.717) is 12.0 Å². The Bertz CT molecular complexity index is 288. The van der Waals surface area contributed by atoms with E-state index in [1.807, 2.05) is 14.0 Å². The summed E-state index contributed by atoms with van der Waals surface area (Å²) in [5.74, 6) is 1.68. The van der Waals surface area contributed by atoms with Crippen LogP contribution in [0, 0.1) is 12.8 Å². The molecule has 15 heavy (non-hydrogen) atoms. The Morgan fingerprint density at radius 3 is 2.80 bits per heavy atom. The van der Waals surface area contributed by atoms with Crippen molar-refractivity contribution in [3.63, 3.8) is 0 Å². The second-order valence-corrected chi connectivity index (χ2v) is 4.82. The van der Waals surface area contributed by atoms with Crippen LogP contribution in [0.4, 0.5) is 0 Å². The van der Waals surface area contributed by atoms with Crippen LogP contribution in [0.5, 0.6) is 0 Å². The lowest BCUT2D eigenvalue weighted by atomic mass is 10.0. The highest BCUT2D eigenvalue weighted by Gasteiger charge is 2.15. The van der Waals surface area contributed by atoms with Crippen LogP contribution in [-0.2, 0) is 0 Å². The molecule has 0 aliphatic carbocycles. The highest BCUT2D eigenvalue weighted by Crippen LogP contribution is 2.20. The van der Waals surface area contributed by atoms with Gasteiger partial charge in [-0.3, -0.25) is 0 Å². The quantitative estimate of drug-likeness (QED) is 0.760. The maximum absolute atomic E-state index is 5.30. The molecule has 1 rings (SSSR count). The predicted molar refractivity (Wildman–Crippen MR) is 64.3 cm³/mol. The van der Waals surface area contributed by atoms with Gasteiger partial charge in [-0.05, 0) is 19.9 Å². The van der Waals surface area contributed by atoms with Crippen LogP contribution in [0.25, 0.3) is 0 Å². The molecule has 2 atom stereocenters. The summed E-state index contributed by atoms with van der Waals surface area (Å²) in [6, 6.07) is 0.521. The summed E-state index contributed by atoms with van der Waals surface area (Å²) in [6.45, 7) is 6.43. The normalized spacial score (nSPS) is 15.2. The summed E-state index contributed by atoms with van der Waals surface area (Å²) in [4.78, 5) is 4.27. The van der Waals surface area contributed by atoms with E-state index in [4.69, 9.17) is 4.42 Å². The predicted octanol–water partition coefficient (Wildman–Crippen LogP) is 2.71. The summed E-state index contributed by atoms with van der Waals surface area (Å²) in [7, 11) is 2.01. The fourth-order valence-corrected chi connectivity index (χ4v) is 2.52. The van der Waals surface area contributed by atoms with Crippen LogP contribution in [0.2, 0.25) is 0 Å². The molecule has 0 fully saturated rings. The number of thioether (sulfide) groups is 1. The fraction of sp³-hybridized carbons (Fsp3) is 0.727. The third-order valence-electron chi connectivity index (χ3n) is 2.69. The fourth-order valence-electron chi connectivity index (χ4n) is 1.38. The summed E-state index contributed by atoms with van der Waals surface area (Å²) in [5, 5.41) is 4.11. The van der Waals surface area contributed by atoms with Gasteiger partial charge in [-0.1, -0.05) is 32.0 Å². The van der Waals surface area contributed by atoms with Gasteiger partial charge in [0.2, 0.25) is 0 Å². The Labute approximate surface area is 96.0 Å². The number of nitrogens with zero attached hydrogens (tertiary/aromatic N) is 1. The van der Waals surface area contributed by atoms with Crippen molar-refractivity contribution >= 4 is 11.8 Å². The lowest BCUT2D eigenvalue weighted by Gasteiger charge is -2.21. The number of aromatic nitrogens is 1. The molecule has 86 valence electrons. The molecule has 0 saturated heterocycles. The SMILES string of the molecule is CCC(C)C(CSc1nc(C)co1)NC. The van der Waals surface area contributed by atoms with Gasteiger partial charge >= 0.3 is 0 Å². The number of oxazole rings is 1. The van der Waals surface area contributed by atoms with E-state index in [1.54, 1.807) is 18.0 Å². The number of aryl methyl sites for hydroxylation is 1. The molecule has 0 saturated carbocycles. The molecule has 0 amide bonds. The third kappa shape index (κ3) is 3.87. The first-order valence-corrected chi connectivity index (χ1v) is 6.38. The Morgan fingerprint density at radius 1 is 1.60 bits per heavy atom. The Balaban J connectivity index is 2.40. The third-order valence-corrected chi connectivity index (χ3v) is 3.65. The lowest BCUT2D eigenvalue weighted by Crippen LogP contribution is -2.34. The van der Waals surface area contributed by atoms with E-state index in [1.165, 1.54) is 6.42 Å². The highest BCUT2D eigenvalue weighted by atomic mass is 32.2. The van der Waals surface area contributed by atoms with Crippen molar-refractivity contribution in [3.05, 3.63) is 12.0 Å². The van der Waals surface area contributed by atoms with Gasteiger partial charge in [0.15, 0.2) is 0 Å². The van der Waals surface area contributed by atoms with Gasteiger partial charge in [0, 0.05) is 11.8 Å². The van der Waals surface area contributed by atoms with Gasteiger partial charge in [-0.15, -0.1) is 0 Å². The number of nitrogens with one attached hydrogen (secondary N) is 1. The standard InChI is InChI=1S/C11H20N2OS/c1-5-8(2)10(12-4)7-15-11-13-9(3)6-14-11/h6,8,10,12H,5,7H2,1-4H3. The van der Waals surface area contributed by atoms with Gasteiger partial charge in [0.05, 0.1) is 5.69 Å². The molecule has 1 aromatic heterocycles. The first kappa shape index (κ1) is 12.6. The van der Waals surface area contributed by atoms with Crippen LogP contribution in [0.15, 0.2) is 15.9 Å². The number of hydrogen-bond acceptors (Lipinski definition) is 4. The van der Waals surface area contributed by atoms with E-state index in [2.05, 4.69) is 24.1 Å². The summed E-state index contributed by atoms with van der Waals surface area (Å²) < 4.78 is 5.30. The van der Waals surface area contributed by atoms with Crippen molar-refractivity contribution in [1.29, 1.82) is 0 Å². The molecule has 0 aliphatic heterocycles. The Morgan fingerprint density at radius 2 is 2.33 bits per heavy atom. The number of rotatable bonds is 6. The lowest BCUT2D eigenvalue weighted by molar-refractivity contribution is 0.416. The zero-order valence-electron chi connectivity index (χ0n) is 9.91. The van der Waals surface area contributed by atoms with Crippen LogP contribution >= 0.6 is 11.8 Å². The van der Waals surface area contributed by atoms with E-state index in [0.717, 1.165) is 16.7 Å². The molecule has 1 aromatic rings. The topological polar surface area (TPSA) is 38.1 Å². The average Bonchev–Trinajstić information content (AvgIpc) is 2.64. The molecule has 1 N–H and O–H groups in total. The van der Waals surface area contributed by atoms with Crippen molar-refractivity contribution in [2.75, 3.05) is 12.8 Å². The van der Waals surface area contributed by atoms with Crippen molar-refractivity contribution < 1.29 is 4.42 Å². The van der Waals surface area contributed by atoms with Gasteiger partial charge in [-0.2, -0.15) is 0 Å². The van der Waals surface area contributed by atoms with Crippen LogP contribution in [0.3, 0.4) is 0 Å². The van der Waals surface area contributed by atoms with Crippen molar-refractivity contribution in [3.8, 4) is 0 Å². The van der Waals surface area contributed by atoms with Gasteiger partial charge in [-0.25, -0.2) is 4.98 Å². The monoisotopic (exact) mass is 228 g/mol. The highest BCUT2D eigenvalue weighted by molar-refractivity contribution is 7.99. The maximum atomic E-state index is 5.30. The summed E-state index contributed by atoms with van der Waals surface area (Å²) >= 11 is 1.68. The maximum Gasteiger partial charge on any atom is 0.255 e. The largest absolute Gasteiger partial charge is 0.440 e. The second-order valence-electron chi connectivity index (χ2n) is 3.85. The van der Waals surface area contributed by atoms with Crippen molar-refractivity contribution in [2.24, 2.45) is 5.92 Å². The molecule has 1 heterocycles. The molecule has 3 nitrogen and oxygen atoms in total. The van der Waals surface area contributed by atoms with Crippen LogP contribution in [-0.4, -0.2) is 23.8 Å². The minimum atomic E-state index is 0.521. The summed E-state index contributed by atoms with van der Waals surface area (Å²) in [6.07, 6.45) is 2.89. The molecular weight excluding hydrogens is 208 g/mol. The van der Waals surface area contributed by atoms with Gasteiger partial charge in [0.25, 0.3) is 5.22 Å². The second kappa shape index (κ2) is 6.18. The van der Waals surface area contributed by atoms with Gasteiger partial charge < -0.3 is 9.73 Å². The van der Waals surface area contributed by atoms with E-state index in [-0.39, 0.29) is 0 Å². The molecule has 0 spiro atoms. The van der Waals surface area contributed by atoms with Crippen molar-refractivity contribution in [1.82, 2.24) is 10.3 Å². The molecule has 0 radical (unpaired) electrons. The van der Waals surface area contributed by atoms with E-state index in [9.17, 15) is 0 Å². The molecule has 4 heteroatoms. The van der Waals surface area contributed by atoms with Crippen LogP contribution in [0.1, 0.15) is 26.0 Å². The molecule has 0 aromatic carbocycles. The van der Waals surface area contributed by atoms with E-state index < -0.39 is 0 Å². The molecule has 0 bridgehead atoms. The van der Waals surface area contributed by atoms with Crippen molar-refractivity contribution in [2.45, 2.75) is 38.5 Å².